The van der Waals surface area contributed by atoms with E-state index in [0.717, 1.165) is 11.6 Å². The summed E-state index contributed by atoms with van der Waals surface area (Å²) in [5, 5.41) is 0. The number of ether oxygens (including phenoxy) is 3. The van der Waals surface area contributed by atoms with Crippen LogP contribution in [-0.2, 0) is 16.0 Å². The topological polar surface area (TPSA) is 44.8 Å². The average Bonchev–Trinajstić information content (AvgIpc) is 3.24. The van der Waals surface area contributed by atoms with Crippen molar-refractivity contribution in [3.63, 3.8) is 0 Å². The van der Waals surface area contributed by atoms with E-state index < -0.39 is 17.7 Å². The smallest absolute Gasteiger partial charge is 0.306 e. The van der Waals surface area contributed by atoms with Gasteiger partial charge in [0.2, 0.25) is 0 Å². The van der Waals surface area contributed by atoms with Gasteiger partial charge < -0.3 is 14.2 Å². The first-order chi connectivity index (χ1) is 13.0. The molecule has 2 unspecified atom stereocenters. The number of hydrogen-bond donors (Lipinski definition) is 0. The Hall–Kier alpha value is -2.15. The molecule has 0 saturated heterocycles. The van der Waals surface area contributed by atoms with Crippen LogP contribution in [0.4, 0.5) is 8.78 Å². The lowest BCUT2D eigenvalue weighted by Crippen LogP contribution is -2.09. The second-order valence-corrected chi connectivity index (χ2v) is 7.47. The van der Waals surface area contributed by atoms with Crippen molar-refractivity contribution in [3.05, 3.63) is 57.1 Å². The quantitative estimate of drug-likeness (QED) is 0.506. The molecule has 0 aromatic heterocycles. The molecule has 0 fully saturated rings. The molecule has 4 rings (SSSR count). The maximum Gasteiger partial charge on any atom is 0.306 e. The van der Waals surface area contributed by atoms with E-state index in [9.17, 15) is 13.6 Å². The number of hydrogen-bond acceptors (Lipinski definition) is 4. The molecular weight excluding hydrogens is 422 g/mol. The highest BCUT2D eigenvalue weighted by Gasteiger charge is 2.32. The predicted molar refractivity (Wildman–Crippen MR) is 97.1 cm³/mol. The fraction of sp³-hybridized carbons (Fsp3) is 0.350. The molecule has 2 aliphatic rings. The fourth-order valence-corrected chi connectivity index (χ4v) is 4.26. The molecule has 0 radical (unpaired) electrons. The minimum atomic E-state index is -0.602. The predicted octanol–water partition coefficient (Wildman–Crippen LogP) is 4.83. The largest absolute Gasteiger partial charge is 0.492 e. The van der Waals surface area contributed by atoms with E-state index in [4.69, 9.17) is 14.2 Å². The summed E-state index contributed by atoms with van der Waals surface area (Å²) in [5.41, 5.74) is 1.94. The van der Waals surface area contributed by atoms with Gasteiger partial charge in [0.15, 0.2) is 0 Å². The molecule has 0 spiro atoms. The Bertz CT molecular complexity index is 915. The van der Waals surface area contributed by atoms with E-state index in [0.29, 0.717) is 46.5 Å². The molecule has 2 aromatic rings. The van der Waals surface area contributed by atoms with Crippen LogP contribution in [0.2, 0.25) is 0 Å². The van der Waals surface area contributed by atoms with Gasteiger partial charge in [0.25, 0.3) is 0 Å². The van der Waals surface area contributed by atoms with Crippen LogP contribution in [0.3, 0.4) is 0 Å². The van der Waals surface area contributed by atoms with Crippen molar-refractivity contribution in [1.29, 1.82) is 0 Å². The molecule has 4 nitrogen and oxygen atoms in total. The summed E-state index contributed by atoms with van der Waals surface area (Å²) in [6, 6.07) is 6.28. The number of fused-ring (bicyclic) bond motifs is 2. The van der Waals surface area contributed by atoms with Crippen molar-refractivity contribution >= 4 is 21.9 Å². The second-order valence-electron chi connectivity index (χ2n) is 6.68. The SMILES string of the molecule is COC(=O)CC1COc2cc(OC3CCc4c(Br)c(F)cc(F)c43)ccc21. The maximum absolute atomic E-state index is 14.3. The summed E-state index contributed by atoms with van der Waals surface area (Å²) in [7, 11) is 1.36. The highest BCUT2D eigenvalue weighted by molar-refractivity contribution is 9.10. The third kappa shape index (κ3) is 3.29. The van der Waals surface area contributed by atoms with Crippen LogP contribution < -0.4 is 9.47 Å². The molecule has 0 saturated carbocycles. The molecule has 7 heteroatoms. The van der Waals surface area contributed by atoms with Gasteiger partial charge in [0.1, 0.15) is 29.2 Å². The third-order valence-electron chi connectivity index (χ3n) is 5.07. The maximum atomic E-state index is 14.3. The standard InChI is InChI=1S/C20H17BrF2O4/c1-25-18(24)6-10-9-26-17-7-11(2-3-12(10)17)27-16-5-4-13-19(16)14(22)8-15(23)20(13)21/h2-3,7-8,10,16H,4-6,9H2,1H3. The van der Waals surface area contributed by atoms with E-state index in [2.05, 4.69) is 15.9 Å². The zero-order valence-electron chi connectivity index (χ0n) is 14.6. The van der Waals surface area contributed by atoms with Crippen molar-refractivity contribution < 1.29 is 27.8 Å². The summed E-state index contributed by atoms with van der Waals surface area (Å²) in [5.74, 6) is -0.332. The van der Waals surface area contributed by atoms with Crippen LogP contribution in [0.25, 0.3) is 0 Å². The number of carbonyl (C=O) groups is 1. The molecule has 2 atom stereocenters. The Morgan fingerprint density at radius 3 is 2.89 bits per heavy atom. The van der Waals surface area contributed by atoms with E-state index in [1.54, 1.807) is 12.1 Å². The minimum absolute atomic E-state index is 0.0509. The van der Waals surface area contributed by atoms with Gasteiger partial charge in [-0.2, -0.15) is 0 Å². The highest BCUT2D eigenvalue weighted by atomic mass is 79.9. The lowest BCUT2D eigenvalue weighted by molar-refractivity contribution is -0.141. The average molecular weight is 439 g/mol. The molecule has 0 amide bonds. The zero-order chi connectivity index (χ0) is 19.1. The van der Waals surface area contributed by atoms with Gasteiger partial charge in [-0.25, -0.2) is 8.78 Å². The van der Waals surface area contributed by atoms with Crippen LogP contribution in [0.15, 0.2) is 28.7 Å². The Balaban J connectivity index is 1.55. The molecule has 0 bridgehead atoms. The van der Waals surface area contributed by atoms with Crippen molar-refractivity contribution in [2.45, 2.75) is 31.3 Å². The third-order valence-corrected chi connectivity index (χ3v) is 5.93. The summed E-state index contributed by atoms with van der Waals surface area (Å²) in [6.07, 6.45) is 0.877. The van der Waals surface area contributed by atoms with Crippen LogP contribution in [-0.4, -0.2) is 19.7 Å². The molecular formula is C20H17BrF2O4. The second kappa shape index (κ2) is 7.11. The van der Waals surface area contributed by atoms with Crippen molar-refractivity contribution in [1.82, 2.24) is 0 Å². The lowest BCUT2D eigenvalue weighted by atomic mass is 9.98. The van der Waals surface area contributed by atoms with E-state index in [-0.39, 0.29) is 18.3 Å². The monoisotopic (exact) mass is 438 g/mol. The number of halogens is 3. The number of esters is 1. The van der Waals surface area contributed by atoms with Crippen LogP contribution in [0.5, 0.6) is 11.5 Å². The molecule has 1 aliphatic heterocycles. The molecule has 2 aromatic carbocycles. The fourth-order valence-electron chi connectivity index (χ4n) is 3.74. The Morgan fingerprint density at radius 1 is 1.30 bits per heavy atom. The van der Waals surface area contributed by atoms with Gasteiger partial charge in [0.05, 0.1) is 24.6 Å². The van der Waals surface area contributed by atoms with Gasteiger partial charge in [-0.15, -0.1) is 0 Å². The first kappa shape index (κ1) is 18.2. The molecule has 142 valence electrons. The number of benzene rings is 2. The number of carbonyl (C=O) groups excluding carboxylic acids is 1. The first-order valence-electron chi connectivity index (χ1n) is 8.64. The van der Waals surface area contributed by atoms with Gasteiger partial charge >= 0.3 is 5.97 Å². The molecule has 1 aliphatic carbocycles. The van der Waals surface area contributed by atoms with Gasteiger partial charge in [-0.3, -0.25) is 4.79 Å². The Kier molecular flexibility index (Phi) is 4.80. The number of rotatable bonds is 4. The van der Waals surface area contributed by atoms with E-state index >= 15 is 0 Å². The van der Waals surface area contributed by atoms with Gasteiger partial charge in [0, 0.05) is 29.2 Å². The Labute approximate surface area is 163 Å². The van der Waals surface area contributed by atoms with Crippen LogP contribution in [0, 0.1) is 11.6 Å². The van der Waals surface area contributed by atoms with Crippen LogP contribution in [0.1, 0.15) is 41.6 Å². The minimum Gasteiger partial charge on any atom is -0.492 e. The summed E-state index contributed by atoms with van der Waals surface area (Å²) >= 11 is 3.20. The van der Waals surface area contributed by atoms with Crippen molar-refractivity contribution in [3.8, 4) is 11.5 Å². The lowest BCUT2D eigenvalue weighted by Gasteiger charge is -2.17. The van der Waals surface area contributed by atoms with E-state index in [1.165, 1.54) is 7.11 Å². The first-order valence-corrected chi connectivity index (χ1v) is 9.43. The molecule has 0 N–H and O–H groups in total. The van der Waals surface area contributed by atoms with Gasteiger partial charge in [-0.05, 0) is 40.4 Å². The normalized spacial score (nSPS) is 20.0. The van der Waals surface area contributed by atoms with Gasteiger partial charge in [-0.1, -0.05) is 6.07 Å². The summed E-state index contributed by atoms with van der Waals surface area (Å²) in [6.45, 7) is 0.404. The Morgan fingerprint density at radius 2 is 2.11 bits per heavy atom. The summed E-state index contributed by atoms with van der Waals surface area (Å²) < 4.78 is 44.7. The van der Waals surface area contributed by atoms with E-state index in [1.807, 2.05) is 6.07 Å². The van der Waals surface area contributed by atoms with Crippen molar-refractivity contribution in [2.24, 2.45) is 0 Å². The molecule has 27 heavy (non-hydrogen) atoms. The molecule has 1 heterocycles. The summed E-state index contributed by atoms with van der Waals surface area (Å²) in [4.78, 5) is 11.5. The number of methoxy groups -OCH3 is 1. The zero-order valence-corrected chi connectivity index (χ0v) is 16.1. The van der Waals surface area contributed by atoms with Crippen LogP contribution >= 0.6 is 15.9 Å². The highest BCUT2D eigenvalue weighted by Crippen LogP contribution is 2.43. The van der Waals surface area contributed by atoms with Crippen molar-refractivity contribution in [2.75, 3.05) is 13.7 Å².